The predicted molar refractivity (Wildman–Crippen MR) is 265 cm³/mol. The summed E-state index contributed by atoms with van der Waals surface area (Å²) in [6.45, 7) is 4.81. The van der Waals surface area contributed by atoms with Gasteiger partial charge in [0.2, 0.25) is 0 Å². The van der Waals surface area contributed by atoms with Gasteiger partial charge in [-0.15, -0.1) is 0 Å². The van der Waals surface area contributed by atoms with Crippen LogP contribution in [0.25, 0.3) is 77.3 Å². The third kappa shape index (κ3) is 5.76. The average molecular weight is 794 g/mol. The van der Waals surface area contributed by atoms with Gasteiger partial charge in [-0.05, 0) is 167 Å². The standard InChI is InChI=1S/C61H47N/c1-61(2)56-28-16-15-27-53(56)60-49-24-12-11-23-48(49)55(39-57(60)61)59-51-26-14-13-25-50(51)58(42-18-5-3-6-19-42)52-36-32-44(38-54(52)59)41-29-33-46(34-30-41)62(45-21-7-4-8-22-45)47-35-31-40-17-9-10-20-43(40)37-47/h3-8,10-16,18-29,31-33,35-39H,9,17,30,34H2,1-2H3. The number of benzene rings is 9. The molecule has 9 aromatic rings. The van der Waals surface area contributed by atoms with Gasteiger partial charge in [0.1, 0.15) is 0 Å². The zero-order valence-electron chi connectivity index (χ0n) is 35.3. The fraction of sp³-hybridized carbons (Fsp3) is 0.115. The molecule has 0 atom stereocenters. The zero-order chi connectivity index (χ0) is 41.4. The van der Waals surface area contributed by atoms with Crippen LogP contribution in [-0.4, -0.2) is 0 Å². The van der Waals surface area contributed by atoms with E-state index in [1.807, 2.05) is 0 Å². The molecule has 3 aliphatic carbocycles. The van der Waals surface area contributed by atoms with Crippen molar-refractivity contribution in [1.82, 2.24) is 0 Å². The Kier molecular flexibility index (Phi) is 8.54. The molecule has 0 N–H and O–H groups in total. The molecule has 0 aromatic heterocycles. The van der Waals surface area contributed by atoms with E-state index in [1.165, 1.54) is 116 Å². The number of rotatable bonds is 6. The van der Waals surface area contributed by atoms with E-state index in [1.54, 1.807) is 0 Å². The van der Waals surface area contributed by atoms with Gasteiger partial charge in [0.15, 0.2) is 0 Å². The van der Waals surface area contributed by atoms with E-state index >= 15 is 0 Å². The molecule has 0 radical (unpaired) electrons. The summed E-state index contributed by atoms with van der Waals surface area (Å²) in [5, 5.41) is 7.76. The summed E-state index contributed by atoms with van der Waals surface area (Å²) in [6.07, 6.45) is 13.5. The maximum atomic E-state index is 2.55. The second-order valence-corrected chi connectivity index (χ2v) is 17.8. The molecule has 62 heavy (non-hydrogen) atoms. The monoisotopic (exact) mass is 793 g/mol. The molecule has 0 fully saturated rings. The molecule has 0 heterocycles. The minimum atomic E-state index is -0.133. The maximum absolute atomic E-state index is 2.55. The van der Waals surface area contributed by atoms with Gasteiger partial charge in [-0.3, -0.25) is 0 Å². The minimum absolute atomic E-state index is 0.133. The number of para-hydroxylation sites is 1. The molecule has 9 aromatic carbocycles. The lowest BCUT2D eigenvalue weighted by molar-refractivity contribution is 0.661. The molecule has 0 unspecified atom stereocenters. The number of nitrogens with zero attached hydrogens (tertiary/aromatic N) is 1. The molecule has 0 saturated carbocycles. The average Bonchev–Trinajstić information content (AvgIpc) is 3.56. The van der Waals surface area contributed by atoms with Gasteiger partial charge in [-0.1, -0.05) is 172 Å². The van der Waals surface area contributed by atoms with Crippen LogP contribution in [0.5, 0.6) is 0 Å². The predicted octanol–water partition coefficient (Wildman–Crippen LogP) is 16.6. The number of anilines is 2. The van der Waals surface area contributed by atoms with Gasteiger partial charge in [0.25, 0.3) is 0 Å². The summed E-state index contributed by atoms with van der Waals surface area (Å²) in [5.74, 6) is 0. The van der Waals surface area contributed by atoms with Gasteiger partial charge in [-0.25, -0.2) is 0 Å². The summed E-state index contributed by atoms with van der Waals surface area (Å²) in [7, 11) is 0. The third-order valence-electron chi connectivity index (χ3n) is 14.0. The molecule has 0 amide bonds. The highest BCUT2D eigenvalue weighted by molar-refractivity contribution is 6.25. The SMILES string of the molecule is CC1(C)c2ccccc2-c2c1cc(-c1c3ccccc3c(-c3ccccc3)c3ccc(C4=CC=C(N(c5ccccc5)c5ccc6c(c5)C=CCC6)CC4)cc13)c1ccccc21. The number of hydrogen-bond donors (Lipinski definition) is 0. The number of allylic oxidation sites excluding steroid dienone is 5. The van der Waals surface area contributed by atoms with Crippen molar-refractivity contribution in [3.8, 4) is 33.4 Å². The molecule has 0 aliphatic heterocycles. The van der Waals surface area contributed by atoms with Crippen molar-refractivity contribution in [2.45, 2.75) is 44.9 Å². The Bertz CT molecular complexity index is 3360. The zero-order valence-corrected chi connectivity index (χ0v) is 35.3. The fourth-order valence-electron chi connectivity index (χ4n) is 11.0. The lowest BCUT2D eigenvalue weighted by Crippen LogP contribution is -2.18. The summed E-state index contributed by atoms with van der Waals surface area (Å²) < 4.78 is 0. The summed E-state index contributed by atoms with van der Waals surface area (Å²) in [6, 6.07) is 66.0. The van der Waals surface area contributed by atoms with Gasteiger partial charge >= 0.3 is 0 Å². The molecule has 1 heteroatoms. The first-order chi connectivity index (χ1) is 30.5. The molecule has 12 rings (SSSR count). The number of hydrogen-bond acceptors (Lipinski definition) is 1. The van der Waals surface area contributed by atoms with E-state index in [0.29, 0.717) is 0 Å². The Morgan fingerprint density at radius 1 is 0.435 bits per heavy atom. The highest BCUT2D eigenvalue weighted by Crippen LogP contribution is 2.55. The lowest BCUT2D eigenvalue weighted by Gasteiger charge is -2.30. The largest absolute Gasteiger partial charge is 0.314 e. The van der Waals surface area contributed by atoms with Crippen molar-refractivity contribution in [1.29, 1.82) is 0 Å². The molecular weight excluding hydrogens is 747 g/mol. The second-order valence-electron chi connectivity index (χ2n) is 17.8. The van der Waals surface area contributed by atoms with Crippen molar-refractivity contribution >= 4 is 55.3 Å². The number of aryl methyl sites for hydroxylation is 1. The maximum Gasteiger partial charge on any atom is 0.0464 e. The highest BCUT2D eigenvalue weighted by atomic mass is 15.1. The molecule has 296 valence electrons. The summed E-state index contributed by atoms with van der Waals surface area (Å²) >= 11 is 0. The second kappa shape index (κ2) is 14.5. The van der Waals surface area contributed by atoms with Crippen LogP contribution >= 0.6 is 0 Å². The summed E-state index contributed by atoms with van der Waals surface area (Å²) in [5.41, 5.74) is 19.7. The van der Waals surface area contributed by atoms with Crippen molar-refractivity contribution in [3.05, 3.63) is 228 Å². The molecule has 3 aliphatic rings. The van der Waals surface area contributed by atoms with Crippen LogP contribution in [0, 0.1) is 0 Å². The van der Waals surface area contributed by atoms with Crippen molar-refractivity contribution in [3.63, 3.8) is 0 Å². The van der Waals surface area contributed by atoms with Gasteiger partial charge < -0.3 is 4.90 Å². The Morgan fingerprint density at radius 3 is 1.89 bits per heavy atom. The van der Waals surface area contributed by atoms with E-state index in [-0.39, 0.29) is 5.41 Å². The van der Waals surface area contributed by atoms with Crippen LogP contribution < -0.4 is 4.90 Å². The van der Waals surface area contributed by atoms with Gasteiger partial charge in [0.05, 0.1) is 0 Å². The first-order valence-corrected chi connectivity index (χ1v) is 22.3. The van der Waals surface area contributed by atoms with Crippen LogP contribution in [0.4, 0.5) is 11.4 Å². The Morgan fingerprint density at radius 2 is 1.11 bits per heavy atom. The van der Waals surface area contributed by atoms with Crippen LogP contribution in [-0.2, 0) is 11.8 Å². The Labute approximate surface area is 364 Å². The van der Waals surface area contributed by atoms with Crippen LogP contribution in [0.2, 0.25) is 0 Å². The minimum Gasteiger partial charge on any atom is -0.314 e. The Balaban J connectivity index is 1.08. The molecule has 0 spiro atoms. The summed E-state index contributed by atoms with van der Waals surface area (Å²) in [4.78, 5) is 2.46. The van der Waals surface area contributed by atoms with E-state index in [4.69, 9.17) is 0 Å². The van der Waals surface area contributed by atoms with E-state index in [0.717, 1.165) is 25.7 Å². The smallest absolute Gasteiger partial charge is 0.0464 e. The highest BCUT2D eigenvalue weighted by Gasteiger charge is 2.37. The van der Waals surface area contributed by atoms with Crippen LogP contribution in [0.3, 0.4) is 0 Å². The first-order valence-electron chi connectivity index (χ1n) is 22.3. The fourth-order valence-corrected chi connectivity index (χ4v) is 11.0. The molecule has 0 saturated heterocycles. The molecule has 1 nitrogen and oxygen atoms in total. The lowest BCUT2D eigenvalue weighted by atomic mass is 9.78. The third-order valence-corrected chi connectivity index (χ3v) is 14.0. The van der Waals surface area contributed by atoms with Crippen LogP contribution in [0.15, 0.2) is 200 Å². The van der Waals surface area contributed by atoms with E-state index in [2.05, 4.69) is 219 Å². The number of fused-ring (bicyclic) bond motifs is 8. The Hall–Kier alpha value is -7.22. The van der Waals surface area contributed by atoms with E-state index < -0.39 is 0 Å². The van der Waals surface area contributed by atoms with Gasteiger partial charge in [0, 0.05) is 22.5 Å². The molecular formula is C61H47N. The van der Waals surface area contributed by atoms with Crippen LogP contribution in [0.1, 0.15) is 60.9 Å². The molecule has 0 bridgehead atoms. The van der Waals surface area contributed by atoms with Gasteiger partial charge in [-0.2, -0.15) is 0 Å². The van der Waals surface area contributed by atoms with Crippen molar-refractivity contribution in [2.75, 3.05) is 4.90 Å². The normalized spacial score (nSPS) is 14.9. The quantitative estimate of drug-likeness (QED) is 0.152. The van der Waals surface area contributed by atoms with E-state index in [9.17, 15) is 0 Å². The first kappa shape index (κ1) is 36.6. The van der Waals surface area contributed by atoms with Crippen molar-refractivity contribution in [2.24, 2.45) is 0 Å². The topological polar surface area (TPSA) is 3.24 Å². The van der Waals surface area contributed by atoms with Crippen molar-refractivity contribution < 1.29 is 0 Å².